The maximum Gasteiger partial charge on any atom is 0.260 e. The smallest absolute Gasteiger partial charge is 0.260 e. The maximum absolute atomic E-state index is 12.4. The molecule has 1 fully saturated rings. The summed E-state index contributed by atoms with van der Waals surface area (Å²) in [5.41, 5.74) is 3.69. The van der Waals surface area contributed by atoms with E-state index in [2.05, 4.69) is 16.4 Å². The van der Waals surface area contributed by atoms with Gasteiger partial charge in [0.15, 0.2) is 12.4 Å². The molecular formula is C26H25N5O3. The molecule has 2 aromatic heterocycles. The maximum atomic E-state index is 12.4. The molecule has 0 bridgehead atoms. The Hall–Kier alpha value is -4.04. The third kappa shape index (κ3) is 4.67. The van der Waals surface area contributed by atoms with Crippen molar-refractivity contribution >= 4 is 22.6 Å². The Morgan fingerprint density at radius 1 is 1.03 bits per heavy atom. The zero-order valence-electron chi connectivity index (χ0n) is 18.9. The molecule has 1 aliphatic rings. The Bertz CT molecular complexity index is 1310. The molecule has 1 aliphatic heterocycles. The highest BCUT2D eigenvalue weighted by Crippen LogP contribution is 2.30. The van der Waals surface area contributed by atoms with Gasteiger partial charge < -0.3 is 19.7 Å². The lowest BCUT2D eigenvalue weighted by Gasteiger charge is -2.26. The third-order valence-electron chi connectivity index (χ3n) is 5.75. The summed E-state index contributed by atoms with van der Waals surface area (Å²) in [6.07, 6.45) is 3.48. The molecule has 0 saturated carbocycles. The van der Waals surface area contributed by atoms with E-state index in [0.29, 0.717) is 37.9 Å². The molecule has 0 unspecified atom stereocenters. The summed E-state index contributed by atoms with van der Waals surface area (Å²) in [7, 11) is 1.85. The minimum absolute atomic E-state index is 0.00996. The summed E-state index contributed by atoms with van der Waals surface area (Å²) in [6.45, 7) is 2.38. The van der Waals surface area contributed by atoms with E-state index in [0.717, 1.165) is 33.4 Å². The topological polar surface area (TPSA) is 89.5 Å². The van der Waals surface area contributed by atoms with Gasteiger partial charge in [0.1, 0.15) is 11.6 Å². The summed E-state index contributed by atoms with van der Waals surface area (Å²) >= 11 is 0. The molecule has 0 aliphatic carbocycles. The lowest BCUT2D eigenvalue weighted by atomic mass is 10.0. The van der Waals surface area contributed by atoms with Crippen LogP contribution in [0, 0.1) is 0 Å². The van der Waals surface area contributed by atoms with Crippen molar-refractivity contribution in [2.75, 3.05) is 45.3 Å². The highest BCUT2D eigenvalue weighted by molar-refractivity contribution is 5.94. The number of amides is 1. The average Bonchev–Trinajstić information content (AvgIpc) is 2.92. The van der Waals surface area contributed by atoms with Crippen molar-refractivity contribution in [2.24, 2.45) is 0 Å². The number of nitrogens with one attached hydrogen (secondary N) is 1. The molecule has 172 valence electrons. The average molecular weight is 456 g/mol. The fourth-order valence-corrected chi connectivity index (χ4v) is 3.94. The number of rotatable bonds is 6. The number of carbonyl (C=O) groups excluding carboxylic acids is 1. The summed E-state index contributed by atoms with van der Waals surface area (Å²) < 4.78 is 11.1. The fraction of sp³-hybridized carbons (Fsp3) is 0.231. The van der Waals surface area contributed by atoms with Crippen LogP contribution in [-0.4, -0.2) is 65.7 Å². The number of ether oxygens (including phenoxy) is 2. The first-order valence-electron chi connectivity index (χ1n) is 11.2. The van der Waals surface area contributed by atoms with Gasteiger partial charge in [0.25, 0.3) is 5.91 Å². The van der Waals surface area contributed by atoms with Crippen LogP contribution in [0.25, 0.3) is 33.4 Å². The fourth-order valence-electron chi connectivity index (χ4n) is 3.94. The van der Waals surface area contributed by atoms with Crippen LogP contribution in [-0.2, 0) is 9.53 Å². The van der Waals surface area contributed by atoms with Gasteiger partial charge in [-0.25, -0.2) is 9.97 Å². The number of benzene rings is 2. The van der Waals surface area contributed by atoms with Crippen molar-refractivity contribution in [1.29, 1.82) is 0 Å². The van der Waals surface area contributed by atoms with E-state index in [-0.39, 0.29) is 12.5 Å². The van der Waals surface area contributed by atoms with Crippen LogP contribution in [0.15, 0.2) is 67.0 Å². The van der Waals surface area contributed by atoms with Gasteiger partial charge in [-0.15, -0.1) is 0 Å². The van der Waals surface area contributed by atoms with Gasteiger partial charge in [0, 0.05) is 43.5 Å². The molecule has 8 nitrogen and oxygen atoms in total. The van der Waals surface area contributed by atoms with Crippen LogP contribution < -0.4 is 10.1 Å². The van der Waals surface area contributed by atoms with E-state index < -0.39 is 0 Å². The van der Waals surface area contributed by atoms with Gasteiger partial charge >= 0.3 is 0 Å². The number of carbonyl (C=O) groups is 1. The van der Waals surface area contributed by atoms with Crippen molar-refractivity contribution in [3.63, 3.8) is 0 Å². The van der Waals surface area contributed by atoms with E-state index in [9.17, 15) is 4.79 Å². The Morgan fingerprint density at radius 2 is 1.85 bits per heavy atom. The predicted molar refractivity (Wildman–Crippen MR) is 131 cm³/mol. The predicted octanol–water partition coefficient (Wildman–Crippen LogP) is 3.64. The van der Waals surface area contributed by atoms with Crippen molar-refractivity contribution in [2.45, 2.75) is 0 Å². The highest BCUT2D eigenvalue weighted by atomic mass is 16.5. The van der Waals surface area contributed by atoms with Gasteiger partial charge in [-0.2, -0.15) is 0 Å². The molecule has 1 saturated heterocycles. The van der Waals surface area contributed by atoms with Gasteiger partial charge in [-0.3, -0.25) is 9.78 Å². The van der Waals surface area contributed by atoms with Crippen LogP contribution in [0.3, 0.4) is 0 Å². The van der Waals surface area contributed by atoms with Crippen molar-refractivity contribution in [1.82, 2.24) is 19.9 Å². The van der Waals surface area contributed by atoms with E-state index in [4.69, 9.17) is 19.4 Å². The molecule has 0 radical (unpaired) electrons. The third-order valence-corrected chi connectivity index (χ3v) is 5.75. The standard InChI is InChI=1S/C26H25N5O3/c1-27-26-22-15-19(7-8-23(22)29-25(30-26)20-5-3-9-28-16-20)18-4-2-6-21(14-18)34-17-24(32)31-10-12-33-13-11-31/h2-9,14-16H,10-13,17H2,1H3,(H,27,29,30). The Kier molecular flexibility index (Phi) is 6.31. The second kappa shape index (κ2) is 9.84. The van der Waals surface area contributed by atoms with Crippen LogP contribution in [0.5, 0.6) is 5.75 Å². The molecule has 1 N–H and O–H groups in total. The number of fused-ring (bicyclic) bond motifs is 1. The van der Waals surface area contributed by atoms with Crippen molar-refractivity contribution in [3.05, 3.63) is 67.0 Å². The van der Waals surface area contributed by atoms with Gasteiger partial charge in [0.2, 0.25) is 0 Å². The van der Waals surface area contributed by atoms with Gasteiger partial charge in [-0.05, 0) is 47.5 Å². The number of morpholine rings is 1. The first kappa shape index (κ1) is 21.8. The van der Waals surface area contributed by atoms with Crippen molar-refractivity contribution < 1.29 is 14.3 Å². The van der Waals surface area contributed by atoms with Crippen LogP contribution in [0.2, 0.25) is 0 Å². The monoisotopic (exact) mass is 455 g/mol. The molecule has 0 atom stereocenters. The molecule has 2 aromatic carbocycles. The van der Waals surface area contributed by atoms with Gasteiger partial charge in [-0.1, -0.05) is 18.2 Å². The zero-order chi connectivity index (χ0) is 23.3. The first-order chi connectivity index (χ1) is 16.7. The van der Waals surface area contributed by atoms with E-state index in [1.165, 1.54) is 0 Å². The molecule has 8 heteroatoms. The number of hydrogen-bond donors (Lipinski definition) is 1. The normalized spacial score (nSPS) is 13.6. The molecule has 0 spiro atoms. The molecule has 5 rings (SSSR count). The van der Waals surface area contributed by atoms with Gasteiger partial charge in [0.05, 0.1) is 18.7 Å². The number of hydrogen-bond acceptors (Lipinski definition) is 7. The van der Waals surface area contributed by atoms with Crippen LogP contribution in [0.1, 0.15) is 0 Å². The van der Waals surface area contributed by atoms with E-state index >= 15 is 0 Å². The Labute approximate surface area is 197 Å². The molecular weight excluding hydrogens is 430 g/mol. The summed E-state index contributed by atoms with van der Waals surface area (Å²) in [6, 6.07) is 17.6. The lowest BCUT2D eigenvalue weighted by molar-refractivity contribution is -0.137. The second-order valence-electron chi connectivity index (χ2n) is 7.93. The van der Waals surface area contributed by atoms with Crippen molar-refractivity contribution in [3.8, 4) is 28.3 Å². The summed E-state index contributed by atoms with van der Waals surface area (Å²) in [4.78, 5) is 27.8. The second-order valence-corrected chi connectivity index (χ2v) is 7.93. The molecule has 4 aromatic rings. The number of anilines is 1. The summed E-state index contributed by atoms with van der Waals surface area (Å²) in [5, 5.41) is 4.10. The molecule has 1 amide bonds. The largest absolute Gasteiger partial charge is 0.484 e. The quantitative estimate of drug-likeness (QED) is 0.475. The zero-order valence-corrected chi connectivity index (χ0v) is 18.9. The minimum Gasteiger partial charge on any atom is -0.484 e. The lowest BCUT2D eigenvalue weighted by Crippen LogP contribution is -2.42. The minimum atomic E-state index is -0.0281. The van der Waals surface area contributed by atoms with Crippen LogP contribution in [0.4, 0.5) is 5.82 Å². The summed E-state index contributed by atoms with van der Waals surface area (Å²) in [5.74, 6) is 1.99. The number of pyridine rings is 1. The SMILES string of the molecule is CNc1nc(-c2cccnc2)nc2ccc(-c3cccc(OCC(=O)N4CCOCC4)c3)cc12. The molecule has 34 heavy (non-hydrogen) atoms. The highest BCUT2D eigenvalue weighted by Gasteiger charge is 2.17. The van der Waals surface area contributed by atoms with E-state index in [1.54, 1.807) is 17.3 Å². The van der Waals surface area contributed by atoms with Crippen LogP contribution >= 0.6 is 0 Å². The first-order valence-corrected chi connectivity index (χ1v) is 11.2. The Balaban J connectivity index is 1.39. The molecule has 3 heterocycles. The Morgan fingerprint density at radius 3 is 2.65 bits per heavy atom. The number of aromatic nitrogens is 3. The number of nitrogens with zero attached hydrogens (tertiary/aromatic N) is 4. The van der Waals surface area contributed by atoms with E-state index in [1.807, 2.05) is 55.6 Å².